The lowest BCUT2D eigenvalue weighted by molar-refractivity contribution is 0.0926. The van der Waals surface area contributed by atoms with Gasteiger partial charge < -0.3 is 0 Å². The average Bonchev–Trinajstić information content (AvgIpc) is 2.94. The summed E-state index contributed by atoms with van der Waals surface area (Å²) in [6.45, 7) is 4.54. The molecule has 2 aromatic rings. The van der Waals surface area contributed by atoms with Crippen LogP contribution in [0.15, 0.2) is 24.4 Å². The number of benzene rings is 1. The zero-order valence-corrected chi connectivity index (χ0v) is 17.9. The lowest BCUT2D eigenvalue weighted by Crippen LogP contribution is -2.50. The molecule has 0 N–H and O–H groups in total. The molecule has 1 saturated heterocycles. The van der Waals surface area contributed by atoms with Crippen LogP contribution in [0.2, 0.25) is 0 Å². The van der Waals surface area contributed by atoms with Gasteiger partial charge in [-0.1, -0.05) is 19.1 Å². The van der Waals surface area contributed by atoms with Crippen molar-refractivity contribution in [2.75, 3.05) is 31.4 Å². The summed E-state index contributed by atoms with van der Waals surface area (Å²) in [4.78, 5) is 2.67. The van der Waals surface area contributed by atoms with Crippen LogP contribution >= 0.6 is 11.8 Å². The minimum absolute atomic E-state index is 0.496. The van der Waals surface area contributed by atoms with Crippen LogP contribution in [0.3, 0.4) is 0 Å². The van der Waals surface area contributed by atoms with Gasteiger partial charge in [-0.15, -0.1) is 0 Å². The SMILES string of the molecule is CCCN1CC(CSC)C[C@@H]2c3cccc4c3c(cn4OS(C)(=O)=O)C[C@H]21. The Hall–Kier alpha value is -1.18. The van der Waals surface area contributed by atoms with Crippen LogP contribution in [0.4, 0.5) is 0 Å². The highest BCUT2D eigenvalue weighted by Crippen LogP contribution is 2.45. The van der Waals surface area contributed by atoms with Crippen LogP contribution in [0.5, 0.6) is 0 Å². The maximum atomic E-state index is 11.7. The van der Waals surface area contributed by atoms with E-state index < -0.39 is 10.1 Å². The molecule has 5 nitrogen and oxygen atoms in total. The minimum atomic E-state index is -3.57. The zero-order valence-electron chi connectivity index (χ0n) is 16.2. The van der Waals surface area contributed by atoms with E-state index in [0.717, 1.165) is 31.2 Å². The van der Waals surface area contributed by atoms with Gasteiger partial charge in [-0.25, -0.2) is 0 Å². The molecule has 27 heavy (non-hydrogen) atoms. The molecular weight excluding hydrogens is 380 g/mol. The fourth-order valence-electron chi connectivity index (χ4n) is 5.08. The second-order valence-corrected chi connectivity index (χ2v) is 10.4. The summed E-state index contributed by atoms with van der Waals surface area (Å²) in [5, 5.41) is 1.20. The first kappa shape index (κ1) is 19.2. The van der Waals surface area contributed by atoms with Crippen molar-refractivity contribution in [3.8, 4) is 0 Å². The molecule has 0 amide bonds. The fraction of sp³-hybridized carbons (Fsp3) is 0.600. The number of piperidine rings is 1. The Balaban J connectivity index is 1.79. The van der Waals surface area contributed by atoms with Crippen molar-refractivity contribution in [3.63, 3.8) is 0 Å². The number of hydrogen-bond donors (Lipinski definition) is 0. The number of nitrogens with zero attached hydrogens (tertiary/aromatic N) is 2. The van der Waals surface area contributed by atoms with Gasteiger partial charge >= 0.3 is 10.1 Å². The van der Waals surface area contributed by atoms with Crippen LogP contribution in [-0.4, -0.2) is 55.4 Å². The minimum Gasteiger partial charge on any atom is -0.299 e. The third-order valence-corrected chi connectivity index (χ3v) is 7.11. The van der Waals surface area contributed by atoms with Crippen molar-refractivity contribution in [2.45, 2.75) is 38.1 Å². The van der Waals surface area contributed by atoms with E-state index in [1.54, 1.807) is 0 Å². The largest absolute Gasteiger partial charge is 0.324 e. The molecule has 1 unspecified atom stereocenters. The Labute approximate surface area is 166 Å². The van der Waals surface area contributed by atoms with Gasteiger partial charge in [0, 0.05) is 30.1 Å². The first-order valence-electron chi connectivity index (χ1n) is 9.67. The number of rotatable bonds is 6. The van der Waals surface area contributed by atoms with Crippen molar-refractivity contribution < 1.29 is 12.7 Å². The van der Waals surface area contributed by atoms with Gasteiger partial charge in [-0.2, -0.15) is 24.9 Å². The molecule has 148 valence electrons. The van der Waals surface area contributed by atoms with Crippen molar-refractivity contribution in [2.24, 2.45) is 5.92 Å². The van der Waals surface area contributed by atoms with Gasteiger partial charge in [0.15, 0.2) is 0 Å². The average molecular weight is 409 g/mol. The number of thioether (sulfide) groups is 1. The normalized spacial score (nSPS) is 25.5. The molecule has 1 aliphatic heterocycles. The smallest absolute Gasteiger partial charge is 0.299 e. The summed E-state index contributed by atoms with van der Waals surface area (Å²) in [7, 11) is -3.57. The first-order chi connectivity index (χ1) is 12.9. The van der Waals surface area contributed by atoms with Crippen molar-refractivity contribution in [1.82, 2.24) is 9.63 Å². The third kappa shape index (κ3) is 3.61. The van der Waals surface area contributed by atoms with Crippen molar-refractivity contribution in [3.05, 3.63) is 35.5 Å². The predicted octanol–water partition coefficient (Wildman–Crippen LogP) is 3.13. The highest BCUT2D eigenvalue weighted by molar-refractivity contribution is 7.98. The number of fused-ring (bicyclic) bond motifs is 2. The van der Waals surface area contributed by atoms with Crippen molar-refractivity contribution >= 4 is 32.8 Å². The quantitative estimate of drug-likeness (QED) is 0.735. The molecule has 7 heteroatoms. The van der Waals surface area contributed by atoms with Gasteiger partial charge in [-0.3, -0.25) is 9.18 Å². The van der Waals surface area contributed by atoms with E-state index in [4.69, 9.17) is 4.28 Å². The summed E-state index contributed by atoms with van der Waals surface area (Å²) in [5.41, 5.74) is 3.43. The zero-order chi connectivity index (χ0) is 19.2. The Kier molecular flexibility index (Phi) is 5.20. The molecule has 1 aromatic carbocycles. The van der Waals surface area contributed by atoms with Gasteiger partial charge in [0.25, 0.3) is 0 Å². The van der Waals surface area contributed by atoms with Crippen molar-refractivity contribution in [1.29, 1.82) is 0 Å². The molecule has 1 aliphatic carbocycles. The molecule has 1 aromatic heterocycles. The molecule has 2 heterocycles. The Morgan fingerprint density at radius 1 is 1.33 bits per heavy atom. The Morgan fingerprint density at radius 3 is 2.85 bits per heavy atom. The van der Waals surface area contributed by atoms with Crippen LogP contribution in [-0.2, 0) is 16.5 Å². The lowest BCUT2D eigenvalue weighted by Gasteiger charge is -2.47. The lowest BCUT2D eigenvalue weighted by atomic mass is 9.72. The molecule has 1 fully saturated rings. The topological polar surface area (TPSA) is 51.5 Å². The van der Waals surface area contributed by atoms with Crippen LogP contribution in [0.1, 0.15) is 36.8 Å². The van der Waals surface area contributed by atoms with E-state index in [1.807, 2.05) is 30.1 Å². The molecule has 4 rings (SSSR count). The second kappa shape index (κ2) is 7.33. The summed E-state index contributed by atoms with van der Waals surface area (Å²) in [5.74, 6) is 2.41. The summed E-state index contributed by atoms with van der Waals surface area (Å²) in [6, 6.07) is 6.72. The van der Waals surface area contributed by atoms with Gasteiger partial charge in [0.05, 0.1) is 11.8 Å². The summed E-state index contributed by atoms with van der Waals surface area (Å²) in [6.07, 6.45) is 8.50. The number of hydrogen-bond acceptors (Lipinski definition) is 5. The van der Waals surface area contributed by atoms with E-state index in [9.17, 15) is 8.42 Å². The van der Waals surface area contributed by atoms with E-state index in [-0.39, 0.29) is 0 Å². The van der Waals surface area contributed by atoms with E-state index in [1.165, 1.54) is 40.0 Å². The van der Waals surface area contributed by atoms with E-state index in [0.29, 0.717) is 17.9 Å². The highest BCUT2D eigenvalue weighted by Gasteiger charge is 2.40. The molecular formula is C20H28N2O3S2. The molecule has 0 saturated carbocycles. The monoisotopic (exact) mass is 408 g/mol. The molecule has 2 aliphatic rings. The third-order valence-electron chi connectivity index (χ3n) is 5.88. The standard InChI is InChI=1S/C20H28N2O3S2/c1-4-8-21-11-14(13-26-2)9-17-16-6-5-7-18-20(16)15(10-19(17)21)12-22(18)25-27(3,23)24/h5-7,12,14,17,19H,4,8-11,13H2,1-3H3/t14?,17-,19-/m1/s1. The summed E-state index contributed by atoms with van der Waals surface area (Å²) >= 11 is 1.94. The maximum Gasteiger partial charge on any atom is 0.324 e. The number of likely N-dealkylation sites (tertiary alicyclic amines) is 1. The predicted molar refractivity (Wildman–Crippen MR) is 112 cm³/mol. The van der Waals surface area contributed by atoms with Crippen LogP contribution in [0.25, 0.3) is 10.9 Å². The maximum absolute atomic E-state index is 11.7. The van der Waals surface area contributed by atoms with Crippen LogP contribution < -0.4 is 4.28 Å². The van der Waals surface area contributed by atoms with E-state index >= 15 is 0 Å². The highest BCUT2D eigenvalue weighted by atomic mass is 32.2. The molecule has 0 spiro atoms. The molecule has 0 bridgehead atoms. The van der Waals surface area contributed by atoms with Gasteiger partial charge in [-0.05, 0) is 60.9 Å². The summed E-state index contributed by atoms with van der Waals surface area (Å²) < 4.78 is 30.1. The van der Waals surface area contributed by atoms with Crippen LogP contribution in [0, 0.1) is 5.92 Å². The Morgan fingerprint density at radius 2 is 2.15 bits per heavy atom. The van der Waals surface area contributed by atoms with Gasteiger partial charge in [0.1, 0.15) is 0 Å². The van der Waals surface area contributed by atoms with E-state index in [2.05, 4.69) is 24.1 Å². The second-order valence-electron chi connectivity index (χ2n) is 7.93. The Bertz CT molecular complexity index is 938. The molecule has 3 atom stereocenters. The first-order valence-corrected chi connectivity index (χ1v) is 12.9. The number of aromatic nitrogens is 1. The van der Waals surface area contributed by atoms with Gasteiger partial charge in [0.2, 0.25) is 0 Å². The fourth-order valence-corrected chi connectivity index (χ4v) is 6.21. The molecule has 0 radical (unpaired) electrons.